The van der Waals surface area contributed by atoms with Gasteiger partial charge >= 0.3 is 0 Å². The van der Waals surface area contributed by atoms with E-state index in [9.17, 15) is 5.11 Å². The van der Waals surface area contributed by atoms with Crippen molar-refractivity contribution in [1.82, 2.24) is 0 Å². The van der Waals surface area contributed by atoms with Gasteiger partial charge in [0.05, 0.1) is 6.10 Å². The Balaban J connectivity index is 1.45. The number of aliphatic hydroxyl groups excluding tert-OH is 1. The van der Waals surface area contributed by atoms with E-state index in [4.69, 9.17) is 9.78 Å². The minimum Gasteiger partial charge on any atom is -0.393 e. The molecule has 0 radical (unpaired) electrons. The average Bonchev–Trinajstić information content (AvgIpc) is 3.09. The molecule has 31 heavy (non-hydrogen) atoms. The molecule has 0 aromatic carbocycles. The molecule has 1 saturated heterocycles. The fourth-order valence-electron chi connectivity index (χ4n) is 8.71. The van der Waals surface area contributed by atoms with Crippen LogP contribution in [0.5, 0.6) is 0 Å². The van der Waals surface area contributed by atoms with Crippen molar-refractivity contribution in [2.24, 2.45) is 46.3 Å². The van der Waals surface area contributed by atoms with Gasteiger partial charge in [-0.1, -0.05) is 59.8 Å². The monoisotopic (exact) mass is 428 g/mol. The van der Waals surface area contributed by atoms with Crippen LogP contribution in [0.25, 0.3) is 0 Å². The molecule has 0 aromatic rings. The lowest BCUT2D eigenvalue weighted by Crippen LogP contribution is -2.73. The van der Waals surface area contributed by atoms with E-state index in [1.165, 1.54) is 25.7 Å². The predicted octanol–water partition coefficient (Wildman–Crippen LogP) is 6.47. The number of fused-ring (bicyclic) bond motifs is 2. The van der Waals surface area contributed by atoms with Crippen molar-refractivity contribution < 1.29 is 14.9 Å². The molecule has 2 bridgehead atoms. The van der Waals surface area contributed by atoms with E-state index >= 15 is 0 Å². The molecule has 174 valence electrons. The number of hydrogen-bond donors (Lipinski definition) is 1. The van der Waals surface area contributed by atoms with Crippen LogP contribution in [-0.2, 0) is 9.78 Å². The largest absolute Gasteiger partial charge is 0.393 e. The lowest BCUT2D eigenvalue weighted by atomic mass is 9.43. The van der Waals surface area contributed by atoms with Crippen molar-refractivity contribution in [3.63, 3.8) is 0 Å². The molecule has 0 amide bonds. The van der Waals surface area contributed by atoms with Crippen molar-refractivity contribution in [1.29, 1.82) is 0 Å². The van der Waals surface area contributed by atoms with Crippen molar-refractivity contribution >= 4 is 0 Å². The highest BCUT2D eigenvalue weighted by Crippen LogP contribution is 2.72. The molecule has 4 fully saturated rings. The Morgan fingerprint density at radius 1 is 0.903 bits per heavy atom. The molecular weight excluding hydrogens is 384 g/mol. The van der Waals surface area contributed by atoms with Gasteiger partial charge < -0.3 is 5.11 Å². The summed E-state index contributed by atoms with van der Waals surface area (Å²) in [5, 5.41) is 10.4. The zero-order valence-electron chi connectivity index (χ0n) is 20.6. The number of aliphatic hydroxyl groups is 1. The highest BCUT2D eigenvalue weighted by atomic mass is 17.2. The summed E-state index contributed by atoms with van der Waals surface area (Å²) in [5.41, 5.74) is -0.366. The first-order valence-electron chi connectivity index (χ1n) is 13.0. The minimum atomic E-state index is -0.439. The Hall–Kier alpha value is -0.640. The van der Waals surface area contributed by atoms with Gasteiger partial charge in [-0.15, -0.1) is 0 Å². The third-order valence-electron chi connectivity index (χ3n) is 11.1. The van der Waals surface area contributed by atoms with Gasteiger partial charge in [0, 0.05) is 23.7 Å². The van der Waals surface area contributed by atoms with Gasteiger partial charge in [0.25, 0.3) is 0 Å². The van der Waals surface area contributed by atoms with E-state index in [1.807, 2.05) is 0 Å². The number of allylic oxidation sites excluding steroid dienone is 2. The molecule has 10 atom stereocenters. The minimum absolute atomic E-state index is 0.0663. The first kappa shape index (κ1) is 22.2. The quantitative estimate of drug-likeness (QED) is 0.412. The summed E-state index contributed by atoms with van der Waals surface area (Å²) < 4.78 is 0. The Morgan fingerprint density at radius 3 is 2.35 bits per heavy atom. The zero-order valence-corrected chi connectivity index (χ0v) is 20.6. The summed E-state index contributed by atoms with van der Waals surface area (Å²) in [6.07, 6.45) is 17.0. The van der Waals surface area contributed by atoms with Crippen molar-refractivity contribution in [2.75, 3.05) is 0 Å². The molecular formula is C28H44O3. The maximum Gasteiger partial charge on any atom is 0.130 e. The molecule has 0 unspecified atom stereocenters. The zero-order chi connectivity index (χ0) is 22.2. The van der Waals surface area contributed by atoms with Gasteiger partial charge in [-0.3, -0.25) is 0 Å². The van der Waals surface area contributed by atoms with Crippen LogP contribution < -0.4 is 0 Å². The third kappa shape index (κ3) is 2.88. The maximum atomic E-state index is 10.4. The van der Waals surface area contributed by atoms with Crippen LogP contribution in [0.2, 0.25) is 0 Å². The molecule has 3 nitrogen and oxygen atoms in total. The van der Waals surface area contributed by atoms with Crippen molar-refractivity contribution in [2.45, 2.75) is 104 Å². The Bertz CT molecular complexity index is 772. The van der Waals surface area contributed by atoms with Crippen molar-refractivity contribution in [3.8, 4) is 0 Å². The molecule has 1 N–H and O–H groups in total. The van der Waals surface area contributed by atoms with E-state index < -0.39 is 5.60 Å². The highest BCUT2D eigenvalue weighted by Gasteiger charge is 2.74. The second kappa shape index (κ2) is 7.18. The molecule has 3 saturated carbocycles. The van der Waals surface area contributed by atoms with Crippen LogP contribution >= 0.6 is 0 Å². The Morgan fingerprint density at radius 2 is 1.68 bits per heavy atom. The molecule has 2 heterocycles. The van der Waals surface area contributed by atoms with E-state index in [1.54, 1.807) is 0 Å². The smallest absolute Gasteiger partial charge is 0.130 e. The second-order valence-corrected chi connectivity index (χ2v) is 12.7. The maximum absolute atomic E-state index is 10.4. The summed E-state index contributed by atoms with van der Waals surface area (Å²) in [6.45, 7) is 14.4. The van der Waals surface area contributed by atoms with E-state index in [0.717, 1.165) is 12.8 Å². The second-order valence-electron chi connectivity index (χ2n) is 12.7. The van der Waals surface area contributed by atoms with Crippen LogP contribution in [0.15, 0.2) is 24.3 Å². The molecule has 6 rings (SSSR count). The molecule has 0 aromatic heterocycles. The van der Waals surface area contributed by atoms with Gasteiger partial charge in [0.1, 0.15) is 11.2 Å². The lowest BCUT2D eigenvalue weighted by Gasteiger charge is -2.69. The van der Waals surface area contributed by atoms with Crippen LogP contribution in [0.3, 0.4) is 0 Å². The molecule has 3 heteroatoms. The molecule has 2 spiro atoms. The van der Waals surface area contributed by atoms with Crippen LogP contribution in [0.1, 0.15) is 86.5 Å². The molecule has 2 aliphatic heterocycles. The van der Waals surface area contributed by atoms with Gasteiger partial charge in [-0.05, 0) is 73.7 Å². The molecule has 6 aliphatic rings. The van der Waals surface area contributed by atoms with Crippen LogP contribution in [0, 0.1) is 46.3 Å². The first-order chi connectivity index (χ1) is 14.6. The van der Waals surface area contributed by atoms with Crippen molar-refractivity contribution in [3.05, 3.63) is 24.3 Å². The van der Waals surface area contributed by atoms with Gasteiger partial charge in [-0.25, -0.2) is 9.78 Å². The van der Waals surface area contributed by atoms with Gasteiger partial charge in [0.15, 0.2) is 0 Å². The fraction of sp³-hybridized carbons (Fsp3) is 0.857. The Labute approximate surface area is 189 Å². The average molecular weight is 429 g/mol. The highest BCUT2D eigenvalue weighted by molar-refractivity contribution is 5.33. The number of hydrogen-bond acceptors (Lipinski definition) is 3. The van der Waals surface area contributed by atoms with Crippen LogP contribution in [-0.4, -0.2) is 22.4 Å². The summed E-state index contributed by atoms with van der Waals surface area (Å²) in [4.78, 5) is 12.8. The third-order valence-corrected chi connectivity index (χ3v) is 11.1. The number of rotatable bonds is 4. The summed E-state index contributed by atoms with van der Waals surface area (Å²) in [6, 6.07) is 0. The topological polar surface area (TPSA) is 38.7 Å². The standard InChI is InChI=1S/C28H44O3/c1-18(2)19(3)7-8-20(4)22-9-10-23-25(22,5)13-12-24-26(6)14-11-21(29)17-27(26)15-16-28(23,24)31-30-27/h7-8,15-16,18-24,29H,9-14,17H2,1-6H3/t19-,20+,21-,22+,23+,24+,25+,26+,27-,28+/m0/s1. The fourth-order valence-corrected chi connectivity index (χ4v) is 8.71. The van der Waals surface area contributed by atoms with E-state index in [2.05, 4.69) is 65.8 Å². The summed E-state index contributed by atoms with van der Waals surface area (Å²) in [7, 11) is 0. The van der Waals surface area contributed by atoms with Gasteiger partial charge in [-0.2, -0.15) is 0 Å². The van der Waals surface area contributed by atoms with Gasteiger partial charge in [0.2, 0.25) is 0 Å². The lowest BCUT2D eigenvalue weighted by molar-refractivity contribution is -0.497. The predicted molar refractivity (Wildman–Crippen MR) is 124 cm³/mol. The first-order valence-corrected chi connectivity index (χ1v) is 13.0. The van der Waals surface area contributed by atoms with E-state index in [0.29, 0.717) is 41.9 Å². The summed E-state index contributed by atoms with van der Waals surface area (Å²) in [5.74, 6) is 3.64. The Kier molecular flexibility index (Phi) is 5.13. The summed E-state index contributed by atoms with van der Waals surface area (Å²) >= 11 is 0. The molecule has 4 aliphatic carbocycles. The normalized spacial score (nSPS) is 52.8. The van der Waals surface area contributed by atoms with Crippen LogP contribution in [0.4, 0.5) is 0 Å². The SMILES string of the molecule is CC(C)[C@@H](C)C=C[C@@H](C)[C@H]1CC[C@@H]2[C@]1(C)CC[C@H]1[C@@]23C=C[C@@]2(C[C@@H](O)CC[C@]12C)OO3. The van der Waals surface area contributed by atoms with E-state index in [-0.39, 0.29) is 22.5 Å².